The van der Waals surface area contributed by atoms with Gasteiger partial charge in [-0.15, -0.1) is 0 Å². The molecule has 8 heteroatoms. The molecule has 2 fully saturated rings. The van der Waals surface area contributed by atoms with Gasteiger partial charge in [0.25, 0.3) is 5.91 Å². The molecule has 0 N–H and O–H groups in total. The maximum Gasteiger partial charge on any atom is 0.254 e. The van der Waals surface area contributed by atoms with Crippen LogP contribution in [0.5, 0.6) is 0 Å². The molecule has 0 aliphatic carbocycles. The van der Waals surface area contributed by atoms with Gasteiger partial charge in [-0.2, -0.15) is 4.31 Å². The molecule has 1 aromatic heterocycles. The number of aryl methyl sites for hydroxylation is 1. The van der Waals surface area contributed by atoms with E-state index in [9.17, 15) is 13.2 Å². The number of benzene rings is 1. The van der Waals surface area contributed by atoms with Crippen molar-refractivity contribution in [3.8, 4) is 0 Å². The Morgan fingerprint density at radius 1 is 1.07 bits per heavy atom. The first-order chi connectivity index (χ1) is 14.0. The number of hydrogen-bond donors (Lipinski definition) is 0. The van der Waals surface area contributed by atoms with Crippen LogP contribution in [0.2, 0.25) is 0 Å². The molecule has 3 heterocycles. The van der Waals surface area contributed by atoms with E-state index in [-0.39, 0.29) is 10.8 Å². The SMILES string of the molecule is Cc1ccc(S(=O)(=O)N2CCCCC2)cc1C(=O)N1CCC(n2ccnc2)CC1. The number of amides is 1. The van der Waals surface area contributed by atoms with Crippen molar-refractivity contribution in [2.75, 3.05) is 26.2 Å². The molecular formula is C21H28N4O3S. The molecule has 2 aromatic rings. The predicted octanol–water partition coefficient (Wildman–Crippen LogP) is 2.84. The van der Waals surface area contributed by atoms with Crippen molar-refractivity contribution in [3.05, 3.63) is 48.0 Å². The largest absolute Gasteiger partial charge is 0.338 e. The molecule has 2 saturated heterocycles. The van der Waals surface area contributed by atoms with Crippen LogP contribution in [-0.4, -0.2) is 59.3 Å². The molecule has 2 aliphatic heterocycles. The first kappa shape index (κ1) is 20.1. The molecule has 0 spiro atoms. The molecule has 0 unspecified atom stereocenters. The lowest BCUT2D eigenvalue weighted by atomic mass is 10.0. The minimum absolute atomic E-state index is 0.0812. The highest BCUT2D eigenvalue weighted by molar-refractivity contribution is 7.89. The van der Waals surface area contributed by atoms with Gasteiger partial charge in [-0.3, -0.25) is 4.79 Å². The number of carbonyl (C=O) groups excluding carboxylic acids is 1. The van der Waals surface area contributed by atoms with E-state index < -0.39 is 10.0 Å². The Morgan fingerprint density at radius 3 is 2.45 bits per heavy atom. The number of piperidine rings is 2. The van der Waals surface area contributed by atoms with Crippen molar-refractivity contribution in [2.45, 2.75) is 50.0 Å². The highest BCUT2D eigenvalue weighted by Crippen LogP contribution is 2.26. The Bertz CT molecular complexity index is 958. The predicted molar refractivity (Wildman–Crippen MR) is 110 cm³/mol. The van der Waals surface area contributed by atoms with E-state index in [1.807, 2.05) is 24.3 Å². The quantitative estimate of drug-likeness (QED) is 0.768. The second kappa shape index (κ2) is 8.28. The zero-order chi connectivity index (χ0) is 20.4. The van der Waals surface area contributed by atoms with Crippen LogP contribution >= 0.6 is 0 Å². The number of imidazole rings is 1. The van der Waals surface area contributed by atoms with Crippen molar-refractivity contribution in [2.24, 2.45) is 0 Å². The molecule has 0 radical (unpaired) electrons. The second-order valence-electron chi connectivity index (χ2n) is 7.97. The lowest BCUT2D eigenvalue weighted by molar-refractivity contribution is 0.0693. The van der Waals surface area contributed by atoms with E-state index in [1.165, 1.54) is 0 Å². The van der Waals surface area contributed by atoms with Gasteiger partial charge >= 0.3 is 0 Å². The Balaban J connectivity index is 1.51. The summed E-state index contributed by atoms with van der Waals surface area (Å²) in [7, 11) is -3.55. The summed E-state index contributed by atoms with van der Waals surface area (Å²) in [4.78, 5) is 19.3. The fourth-order valence-electron chi connectivity index (χ4n) is 4.27. The molecule has 4 rings (SSSR count). The summed E-state index contributed by atoms with van der Waals surface area (Å²) >= 11 is 0. The Morgan fingerprint density at radius 2 is 1.79 bits per heavy atom. The van der Waals surface area contributed by atoms with Gasteiger partial charge in [0, 0.05) is 50.2 Å². The fraction of sp³-hybridized carbons (Fsp3) is 0.524. The van der Waals surface area contributed by atoms with Crippen molar-refractivity contribution in [1.82, 2.24) is 18.8 Å². The van der Waals surface area contributed by atoms with E-state index >= 15 is 0 Å². The summed E-state index contributed by atoms with van der Waals surface area (Å²) in [5, 5.41) is 0. The van der Waals surface area contributed by atoms with Gasteiger partial charge in [-0.25, -0.2) is 13.4 Å². The molecule has 0 atom stereocenters. The van der Waals surface area contributed by atoms with E-state index in [0.717, 1.165) is 37.7 Å². The lowest BCUT2D eigenvalue weighted by Crippen LogP contribution is -2.39. The third-order valence-corrected chi connectivity index (χ3v) is 7.99. The average Bonchev–Trinajstić information content (AvgIpc) is 3.29. The van der Waals surface area contributed by atoms with Crippen LogP contribution in [-0.2, 0) is 10.0 Å². The molecular weight excluding hydrogens is 388 g/mol. The van der Waals surface area contributed by atoms with E-state index in [1.54, 1.807) is 28.7 Å². The van der Waals surface area contributed by atoms with E-state index in [0.29, 0.717) is 37.8 Å². The Hall–Kier alpha value is -2.19. The Labute approximate surface area is 172 Å². The van der Waals surface area contributed by atoms with Crippen LogP contribution in [0.25, 0.3) is 0 Å². The summed E-state index contributed by atoms with van der Waals surface area (Å²) in [6.07, 6.45) is 10.1. The topological polar surface area (TPSA) is 75.5 Å². The van der Waals surface area contributed by atoms with Crippen molar-refractivity contribution in [1.29, 1.82) is 0 Å². The van der Waals surface area contributed by atoms with Crippen LogP contribution in [0, 0.1) is 6.92 Å². The van der Waals surface area contributed by atoms with Gasteiger partial charge in [0.1, 0.15) is 0 Å². The van der Waals surface area contributed by atoms with Gasteiger partial charge in [0.15, 0.2) is 0 Å². The Kier molecular flexibility index (Phi) is 5.74. The van der Waals surface area contributed by atoms with Crippen LogP contribution in [0.3, 0.4) is 0 Å². The second-order valence-corrected chi connectivity index (χ2v) is 9.91. The monoisotopic (exact) mass is 416 g/mol. The number of likely N-dealkylation sites (tertiary alicyclic amines) is 1. The maximum atomic E-state index is 13.2. The van der Waals surface area contributed by atoms with Gasteiger partial charge < -0.3 is 9.47 Å². The highest BCUT2D eigenvalue weighted by atomic mass is 32.2. The minimum Gasteiger partial charge on any atom is -0.338 e. The summed E-state index contributed by atoms with van der Waals surface area (Å²) in [6, 6.07) is 5.31. The third-order valence-electron chi connectivity index (χ3n) is 6.09. The first-order valence-electron chi connectivity index (χ1n) is 10.3. The number of aromatic nitrogens is 2. The molecule has 0 saturated carbocycles. The lowest BCUT2D eigenvalue weighted by Gasteiger charge is -2.33. The molecule has 1 amide bonds. The maximum absolute atomic E-state index is 13.2. The molecule has 2 aliphatic rings. The van der Waals surface area contributed by atoms with Gasteiger partial charge in [-0.05, 0) is 50.3 Å². The zero-order valence-corrected chi connectivity index (χ0v) is 17.6. The van der Waals surface area contributed by atoms with Crippen molar-refractivity contribution in [3.63, 3.8) is 0 Å². The van der Waals surface area contributed by atoms with E-state index in [2.05, 4.69) is 9.55 Å². The van der Waals surface area contributed by atoms with Gasteiger partial charge in [0.2, 0.25) is 10.0 Å². The summed E-state index contributed by atoms with van der Waals surface area (Å²) in [6.45, 7) is 4.29. The molecule has 156 valence electrons. The smallest absolute Gasteiger partial charge is 0.254 e. The molecule has 0 bridgehead atoms. The number of carbonyl (C=O) groups is 1. The number of hydrogen-bond acceptors (Lipinski definition) is 4. The third kappa shape index (κ3) is 4.09. The van der Waals surface area contributed by atoms with Crippen molar-refractivity contribution >= 4 is 15.9 Å². The van der Waals surface area contributed by atoms with Gasteiger partial charge in [-0.1, -0.05) is 12.5 Å². The minimum atomic E-state index is -3.55. The molecule has 29 heavy (non-hydrogen) atoms. The van der Waals surface area contributed by atoms with Crippen LogP contribution in [0.4, 0.5) is 0 Å². The molecule has 7 nitrogen and oxygen atoms in total. The summed E-state index contributed by atoms with van der Waals surface area (Å²) in [5.41, 5.74) is 1.30. The average molecular weight is 417 g/mol. The van der Waals surface area contributed by atoms with Crippen LogP contribution in [0.15, 0.2) is 41.8 Å². The standard InChI is InChI=1S/C21H28N4O3S/c1-17-5-6-19(29(27,28)25-10-3-2-4-11-25)15-20(17)21(26)23-12-7-18(8-13-23)24-14-9-22-16-24/h5-6,9,14-16,18H,2-4,7-8,10-13H2,1H3. The summed E-state index contributed by atoms with van der Waals surface area (Å²) in [5.74, 6) is -0.0812. The first-order valence-corrected chi connectivity index (χ1v) is 11.8. The van der Waals surface area contributed by atoms with Crippen molar-refractivity contribution < 1.29 is 13.2 Å². The normalized spacial score (nSPS) is 19.4. The highest BCUT2D eigenvalue weighted by Gasteiger charge is 2.29. The number of sulfonamides is 1. The summed E-state index contributed by atoms with van der Waals surface area (Å²) < 4.78 is 29.7. The fourth-order valence-corrected chi connectivity index (χ4v) is 5.81. The van der Waals surface area contributed by atoms with Crippen LogP contribution < -0.4 is 0 Å². The van der Waals surface area contributed by atoms with Crippen LogP contribution in [0.1, 0.15) is 54.1 Å². The molecule has 1 aromatic carbocycles. The number of rotatable bonds is 4. The van der Waals surface area contributed by atoms with Gasteiger partial charge in [0.05, 0.1) is 11.2 Å². The number of nitrogens with zero attached hydrogens (tertiary/aromatic N) is 4. The zero-order valence-electron chi connectivity index (χ0n) is 16.8. The van der Waals surface area contributed by atoms with E-state index in [4.69, 9.17) is 0 Å².